The molecule has 8 heteroatoms. The topological polar surface area (TPSA) is 74.2 Å². The highest BCUT2D eigenvalue weighted by molar-refractivity contribution is 6.30. The van der Waals surface area contributed by atoms with Gasteiger partial charge in [0.1, 0.15) is 0 Å². The third-order valence-electron chi connectivity index (χ3n) is 5.07. The maximum atomic E-state index is 13.2. The number of halogens is 1. The van der Waals surface area contributed by atoms with Crippen molar-refractivity contribution in [2.24, 2.45) is 0 Å². The second-order valence-corrected chi connectivity index (χ2v) is 7.47. The number of fused-ring (bicyclic) bond motifs is 1. The number of carbonyl (C=O) groups excluding carboxylic acids is 1. The molecule has 1 aliphatic rings. The van der Waals surface area contributed by atoms with Gasteiger partial charge in [0.25, 0.3) is 0 Å². The lowest BCUT2D eigenvalue weighted by atomic mass is 10.1. The number of urea groups is 1. The molecule has 0 fully saturated rings. The quantitative estimate of drug-likeness (QED) is 0.653. The van der Waals surface area contributed by atoms with Gasteiger partial charge in [0.05, 0.1) is 16.4 Å². The van der Waals surface area contributed by atoms with Gasteiger partial charge < -0.3 is 10.2 Å². The third kappa shape index (κ3) is 4.36. The van der Waals surface area contributed by atoms with Crippen LogP contribution in [0.3, 0.4) is 0 Å². The smallest absolute Gasteiger partial charge is 0.327 e. The summed E-state index contributed by atoms with van der Waals surface area (Å²) in [5.41, 5.74) is 3.17. The molecule has 0 aromatic carbocycles. The minimum absolute atomic E-state index is 0.214. The highest BCUT2D eigenvalue weighted by Gasteiger charge is 2.25. The van der Waals surface area contributed by atoms with E-state index in [4.69, 9.17) is 16.6 Å². The van der Waals surface area contributed by atoms with Gasteiger partial charge in [-0.15, -0.1) is 0 Å². The largest absolute Gasteiger partial charge is 0.369 e. The molecular formula is C22H23ClN6O. The molecule has 1 N–H and O–H groups in total. The molecule has 3 aromatic rings. The third-order valence-corrected chi connectivity index (χ3v) is 5.28. The van der Waals surface area contributed by atoms with E-state index in [9.17, 15) is 4.79 Å². The number of hydrogen-bond acceptors (Lipinski definition) is 5. The predicted octanol–water partition coefficient (Wildman–Crippen LogP) is 4.85. The van der Waals surface area contributed by atoms with Crippen LogP contribution in [0.1, 0.15) is 19.8 Å². The van der Waals surface area contributed by atoms with E-state index in [0.717, 1.165) is 42.9 Å². The number of aromatic nitrogens is 3. The zero-order valence-corrected chi connectivity index (χ0v) is 17.5. The second-order valence-electron chi connectivity index (χ2n) is 7.04. The molecule has 0 unspecified atom stereocenters. The molecule has 30 heavy (non-hydrogen) atoms. The Morgan fingerprint density at radius 2 is 1.90 bits per heavy atom. The molecule has 2 amide bonds. The average Bonchev–Trinajstić information content (AvgIpc) is 2.75. The minimum Gasteiger partial charge on any atom is -0.369 e. The van der Waals surface area contributed by atoms with Crippen LogP contribution in [0.15, 0.2) is 55.1 Å². The maximum absolute atomic E-state index is 13.2. The van der Waals surface area contributed by atoms with Crippen LogP contribution in [0, 0.1) is 0 Å². The lowest BCUT2D eigenvalue weighted by Gasteiger charge is -2.33. The van der Waals surface area contributed by atoms with Crippen LogP contribution in [-0.4, -0.2) is 40.6 Å². The molecule has 0 saturated carbocycles. The Bertz CT molecular complexity index is 1030. The van der Waals surface area contributed by atoms with E-state index < -0.39 is 0 Å². The zero-order valence-electron chi connectivity index (χ0n) is 16.8. The van der Waals surface area contributed by atoms with E-state index in [1.807, 2.05) is 18.2 Å². The Balaban J connectivity index is 1.76. The lowest BCUT2D eigenvalue weighted by molar-refractivity contribution is 0.256. The molecule has 154 valence electrons. The number of anilines is 3. The fourth-order valence-corrected chi connectivity index (χ4v) is 3.72. The van der Waals surface area contributed by atoms with Gasteiger partial charge in [0, 0.05) is 55.7 Å². The van der Waals surface area contributed by atoms with Crippen molar-refractivity contribution in [3.63, 3.8) is 0 Å². The summed E-state index contributed by atoms with van der Waals surface area (Å²) in [6.45, 7) is 4.48. The van der Waals surface area contributed by atoms with Crippen molar-refractivity contribution in [1.82, 2.24) is 15.0 Å². The zero-order chi connectivity index (χ0) is 20.9. The van der Waals surface area contributed by atoms with Gasteiger partial charge in [0.2, 0.25) is 0 Å². The Morgan fingerprint density at radius 1 is 1.10 bits per heavy atom. The van der Waals surface area contributed by atoms with Crippen LogP contribution in [0.2, 0.25) is 5.02 Å². The summed E-state index contributed by atoms with van der Waals surface area (Å²) in [6.07, 6.45) is 8.52. The monoisotopic (exact) mass is 422 g/mol. The van der Waals surface area contributed by atoms with Crippen LogP contribution >= 0.6 is 11.6 Å². The van der Waals surface area contributed by atoms with Crippen molar-refractivity contribution < 1.29 is 4.79 Å². The van der Waals surface area contributed by atoms with Gasteiger partial charge in [-0.05, 0) is 50.1 Å². The summed E-state index contributed by atoms with van der Waals surface area (Å²) in [6, 6.07) is 9.13. The van der Waals surface area contributed by atoms with E-state index in [2.05, 4.69) is 27.1 Å². The number of amides is 2. The molecular weight excluding hydrogens is 400 g/mol. The summed E-state index contributed by atoms with van der Waals surface area (Å²) < 4.78 is 0. The summed E-state index contributed by atoms with van der Waals surface area (Å²) >= 11 is 6.12. The van der Waals surface area contributed by atoms with Gasteiger partial charge in [-0.2, -0.15) is 0 Å². The Hall–Kier alpha value is -3.19. The fourth-order valence-electron chi connectivity index (χ4n) is 3.55. The first kappa shape index (κ1) is 20.1. The molecule has 0 spiro atoms. The Labute approximate surface area is 180 Å². The van der Waals surface area contributed by atoms with Crippen LogP contribution in [0.4, 0.5) is 22.0 Å². The summed E-state index contributed by atoms with van der Waals surface area (Å²) in [7, 11) is 0. The Kier molecular flexibility index (Phi) is 6.09. The van der Waals surface area contributed by atoms with Crippen LogP contribution in [0.25, 0.3) is 11.3 Å². The van der Waals surface area contributed by atoms with E-state index >= 15 is 0 Å². The average molecular weight is 423 g/mol. The molecule has 0 radical (unpaired) electrons. The second kappa shape index (κ2) is 9.09. The van der Waals surface area contributed by atoms with Gasteiger partial charge in [-0.1, -0.05) is 11.6 Å². The van der Waals surface area contributed by atoms with Crippen molar-refractivity contribution in [3.8, 4) is 11.3 Å². The molecule has 3 aromatic heterocycles. The predicted molar refractivity (Wildman–Crippen MR) is 120 cm³/mol. The number of carbonyl (C=O) groups is 1. The van der Waals surface area contributed by atoms with E-state index in [-0.39, 0.29) is 6.03 Å². The normalized spacial score (nSPS) is 13.9. The molecule has 0 atom stereocenters. The first-order valence-corrected chi connectivity index (χ1v) is 10.4. The molecule has 0 saturated heterocycles. The van der Waals surface area contributed by atoms with Gasteiger partial charge in [-0.25, -0.2) is 9.78 Å². The number of hydrogen-bond donors (Lipinski definition) is 1. The van der Waals surface area contributed by atoms with E-state index in [1.165, 1.54) is 0 Å². The van der Waals surface area contributed by atoms with Crippen molar-refractivity contribution in [1.29, 1.82) is 0 Å². The minimum atomic E-state index is -0.214. The number of nitrogens with one attached hydrogen (secondary N) is 1. The van der Waals surface area contributed by atoms with Crippen LogP contribution < -0.4 is 15.1 Å². The van der Waals surface area contributed by atoms with Crippen molar-refractivity contribution in [3.05, 3.63) is 60.1 Å². The summed E-state index contributed by atoms with van der Waals surface area (Å²) in [5, 5.41) is 3.50. The van der Waals surface area contributed by atoms with E-state index in [0.29, 0.717) is 23.1 Å². The Morgan fingerprint density at radius 3 is 2.67 bits per heavy atom. The highest BCUT2D eigenvalue weighted by Crippen LogP contribution is 2.33. The van der Waals surface area contributed by atoms with Crippen molar-refractivity contribution in [2.75, 3.05) is 34.8 Å². The number of nitrogens with zero attached hydrogens (tertiary/aromatic N) is 5. The van der Waals surface area contributed by atoms with Crippen LogP contribution in [0.5, 0.6) is 0 Å². The van der Waals surface area contributed by atoms with Crippen molar-refractivity contribution >= 4 is 34.8 Å². The van der Waals surface area contributed by atoms with Gasteiger partial charge in [-0.3, -0.25) is 14.9 Å². The molecule has 1 aliphatic heterocycles. The summed E-state index contributed by atoms with van der Waals surface area (Å²) in [4.78, 5) is 30.2. The van der Waals surface area contributed by atoms with Gasteiger partial charge in [0.15, 0.2) is 5.82 Å². The molecule has 0 aliphatic carbocycles. The first-order valence-electron chi connectivity index (χ1n) is 10.0. The van der Waals surface area contributed by atoms with Crippen molar-refractivity contribution in [2.45, 2.75) is 19.8 Å². The first-order chi connectivity index (χ1) is 14.7. The standard InChI is InChI=1S/C22H23ClN6O/c1-2-28-11-3-4-12-29(22(30)26-18-7-9-24-10-8-18)21-20(28)6-5-19(27-21)16-13-17(23)15-25-14-16/h5-10,13-15H,2-4,11-12H2,1H3,(H,24,26,30). The van der Waals surface area contributed by atoms with E-state index in [1.54, 1.807) is 41.8 Å². The number of pyridine rings is 3. The number of rotatable bonds is 3. The summed E-state index contributed by atoms with van der Waals surface area (Å²) in [5.74, 6) is 0.639. The SMILES string of the molecule is CCN1CCCCN(C(=O)Nc2ccncc2)c2nc(-c3cncc(Cl)c3)ccc21. The molecule has 0 bridgehead atoms. The lowest BCUT2D eigenvalue weighted by Crippen LogP contribution is -2.40. The van der Waals surface area contributed by atoms with Gasteiger partial charge >= 0.3 is 6.03 Å². The highest BCUT2D eigenvalue weighted by atomic mass is 35.5. The molecule has 7 nitrogen and oxygen atoms in total. The molecule has 4 heterocycles. The van der Waals surface area contributed by atoms with Crippen LogP contribution in [-0.2, 0) is 0 Å². The molecule has 4 rings (SSSR count). The maximum Gasteiger partial charge on any atom is 0.327 e. The fraction of sp³-hybridized carbons (Fsp3) is 0.273.